The second kappa shape index (κ2) is 4.27. The fourth-order valence-corrected chi connectivity index (χ4v) is 1.91. The Morgan fingerprint density at radius 3 is 2.53 bits per heavy atom. The third-order valence-electron chi connectivity index (χ3n) is 3.03. The van der Waals surface area contributed by atoms with Crippen molar-refractivity contribution in [3.8, 4) is 17.6 Å². The molecule has 90 valence electrons. The molecule has 0 unspecified atom stereocenters. The van der Waals surface area contributed by atoms with Crippen LogP contribution >= 0.6 is 0 Å². The van der Waals surface area contributed by atoms with Gasteiger partial charge in [-0.1, -0.05) is 0 Å². The summed E-state index contributed by atoms with van der Waals surface area (Å²) in [5, 5.41) is 18.9. The van der Waals surface area contributed by atoms with Gasteiger partial charge in [0.2, 0.25) is 0 Å². The monoisotopic (exact) mass is 233 g/mol. The molecule has 4 nitrogen and oxygen atoms in total. The Bertz CT molecular complexity index is 472. The molecule has 1 aromatic rings. The van der Waals surface area contributed by atoms with Crippen LogP contribution in [0.25, 0.3) is 0 Å². The topological polar surface area (TPSA) is 62.5 Å². The molecule has 0 saturated heterocycles. The van der Waals surface area contributed by atoms with Gasteiger partial charge in [-0.05, 0) is 18.9 Å². The number of hydrogen-bond donors (Lipinski definition) is 1. The van der Waals surface area contributed by atoms with Gasteiger partial charge < -0.3 is 14.6 Å². The van der Waals surface area contributed by atoms with Crippen LogP contribution in [0.1, 0.15) is 24.0 Å². The van der Waals surface area contributed by atoms with Gasteiger partial charge in [0.1, 0.15) is 0 Å². The van der Waals surface area contributed by atoms with Gasteiger partial charge in [0.25, 0.3) is 0 Å². The molecule has 1 aromatic carbocycles. The molecule has 2 rings (SSSR count). The van der Waals surface area contributed by atoms with E-state index in [1.807, 2.05) is 0 Å². The van der Waals surface area contributed by atoms with Crippen LogP contribution < -0.4 is 9.47 Å². The number of nitriles is 1. The Kier molecular flexibility index (Phi) is 2.95. The molecular weight excluding hydrogens is 218 g/mol. The van der Waals surface area contributed by atoms with Crippen LogP contribution in [0.4, 0.5) is 0 Å². The predicted molar refractivity (Wildman–Crippen MR) is 62.1 cm³/mol. The smallest absolute Gasteiger partial charge is 0.164 e. The maximum absolute atomic E-state index is 9.95. The van der Waals surface area contributed by atoms with Crippen molar-refractivity contribution in [1.29, 1.82) is 5.26 Å². The van der Waals surface area contributed by atoms with Crippen LogP contribution in [0.5, 0.6) is 11.5 Å². The van der Waals surface area contributed by atoms with E-state index in [1.165, 1.54) is 7.11 Å². The molecule has 0 bridgehead atoms. The first-order chi connectivity index (χ1) is 8.11. The summed E-state index contributed by atoms with van der Waals surface area (Å²) in [7, 11) is 3.10. The Balaban J connectivity index is 2.43. The fourth-order valence-electron chi connectivity index (χ4n) is 1.91. The molecule has 0 atom stereocenters. The zero-order chi connectivity index (χ0) is 12.5. The van der Waals surface area contributed by atoms with Gasteiger partial charge in [-0.25, -0.2) is 0 Å². The zero-order valence-corrected chi connectivity index (χ0v) is 9.99. The van der Waals surface area contributed by atoms with Gasteiger partial charge in [-0.15, -0.1) is 0 Å². The first kappa shape index (κ1) is 11.7. The maximum Gasteiger partial charge on any atom is 0.164 e. The summed E-state index contributed by atoms with van der Waals surface area (Å²) >= 11 is 0. The molecule has 1 saturated carbocycles. The summed E-state index contributed by atoms with van der Waals surface area (Å²) in [6.45, 7) is 0. The molecule has 0 spiro atoms. The van der Waals surface area contributed by atoms with Gasteiger partial charge >= 0.3 is 0 Å². The number of nitrogens with zero attached hydrogens (tertiary/aromatic N) is 1. The number of aliphatic hydroxyl groups is 1. The van der Waals surface area contributed by atoms with E-state index < -0.39 is 5.60 Å². The van der Waals surface area contributed by atoms with Crippen LogP contribution in [0, 0.1) is 11.3 Å². The Hall–Kier alpha value is -1.73. The average molecular weight is 233 g/mol. The van der Waals surface area contributed by atoms with Crippen molar-refractivity contribution in [3.05, 3.63) is 23.3 Å². The molecule has 0 radical (unpaired) electrons. The van der Waals surface area contributed by atoms with E-state index in [0.717, 1.165) is 18.4 Å². The first-order valence-corrected chi connectivity index (χ1v) is 5.49. The molecule has 0 amide bonds. The normalized spacial score (nSPS) is 16.1. The molecule has 0 heterocycles. The largest absolute Gasteiger partial charge is 0.493 e. The molecule has 1 N–H and O–H groups in total. The number of methoxy groups -OCH3 is 2. The zero-order valence-electron chi connectivity index (χ0n) is 9.99. The van der Waals surface area contributed by atoms with E-state index in [4.69, 9.17) is 14.7 Å². The summed E-state index contributed by atoms with van der Waals surface area (Å²) in [4.78, 5) is 0. The number of ether oxygens (including phenoxy) is 2. The van der Waals surface area contributed by atoms with Crippen molar-refractivity contribution in [2.24, 2.45) is 0 Å². The van der Waals surface area contributed by atoms with Crippen molar-refractivity contribution < 1.29 is 14.6 Å². The molecular formula is C13H15NO3. The third kappa shape index (κ3) is 2.34. The molecule has 1 aliphatic rings. The van der Waals surface area contributed by atoms with Crippen molar-refractivity contribution in [2.45, 2.75) is 24.9 Å². The van der Waals surface area contributed by atoms with E-state index in [1.54, 1.807) is 19.2 Å². The average Bonchev–Trinajstić information content (AvgIpc) is 3.05. The Morgan fingerprint density at radius 1 is 1.35 bits per heavy atom. The van der Waals surface area contributed by atoms with Gasteiger partial charge in [-0.2, -0.15) is 5.26 Å². The standard InChI is InChI=1S/C13H15NO3/c1-16-11-6-9(8-14)5-10(12(11)17-2)7-13(15)3-4-13/h5-6,15H,3-4,7H2,1-2H3. The van der Waals surface area contributed by atoms with E-state index in [0.29, 0.717) is 23.5 Å². The minimum atomic E-state index is -0.619. The lowest BCUT2D eigenvalue weighted by atomic mass is 10.0. The second-order valence-electron chi connectivity index (χ2n) is 4.38. The lowest BCUT2D eigenvalue weighted by molar-refractivity contribution is 0.149. The fraction of sp³-hybridized carbons (Fsp3) is 0.462. The molecule has 0 aliphatic heterocycles. The number of hydrogen-bond acceptors (Lipinski definition) is 4. The van der Waals surface area contributed by atoms with E-state index >= 15 is 0 Å². The van der Waals surface area contributed by atoms with Crippen LogP contribution in [0.15, 0.2) is 12.1 Å². The van der Waals surface area contributed by atoms with Gasteiger partial charge in [0.15, 0.2) is 11.5 Å². The molecule has 4 heteroatoms. The summed E-state index contributed by atoms with van der Waals surface area (Å²) in [6, 6.07) is 5.47. The molecule has 1 fully saturated rings. The summed E-state index contributed by atoms with van der Waals surface area (Å²) in [6.07, 6.45) is 2.10. The van der Waals surface area contributed by atoms with Crippen LogP contribution in [-0.2, 0) is 6.42 Å². The molecule has 1 aliphatic carbocycles. The third-order valence-corrected chi connectivity index (χ3v) is 3.03. The van der Waals surface area contributed by atoms with Gasteiger partial charge in [-0.3, -0.25) is 0 Å². The van der Waals surface area contributed by atoms with Crippen LogP contribution in [0.2, 0.25) is 0 Å². The van der Waals surface area contributed by atoms with Crippen molar-refractivity contribution in [2.75, 3.05) is 14.2 Å². The lowest BCUT2D eigenvalue weighted by Crippen LogP contribution is -2.12. The highest BCUT2D eigenvalue weighted by Gasteiger charge is 2.41. The minimum absolute atomic E-state index is 0.502. The second-order valence-corrected chi connectivity index (χ2v) is 4.38. The Labute approximate surface area is 100 Å². The summed E-state index contributed by atoms with van der Waals surface area (Å²) < 4.78 is 10.5. The molecule has 0 aromatic heterocycles. The van der Waals surface area contributed by atoms with E-state index in [9.17, 15) is 5.11 Å². The predicted octanol–water partition coefficient (Wildman–Crippen LogP) is 1.64. The van der Waals surface area contributed by atoms with Gasteiger partial charge in [0.05, 0.1) is 31.5 Å². The summed E-state index contributed by atoms with van der Waals surface area (Å²) in [5.41, 5.74) is 0.720. The maximum atomic E-state index is 9.95. The highest BCUT2D eigenvalue weighted by molar-refractivity contribution is 5.53. The van der Waals surface area contributed by atoms with Crippen molar-refractivity contribution >= 4 is 0 Å². The van der Waals surface area contributed by atoms with Crippen LogP contribution in [0.3, 0.4) is 0 Å². The summed E-state index contributed by atoms with van der Waals surface area (Å²) in [5.74, 6) is 1.14. The quantitative estimate of drug-likeness (QED) is 0.858. The van der Waals surface area contributed by atoms with E-state index in [2.05, 4.69) is 6.07 Å². The van der Waals surface area contributed by atoms with Crippen molar-refractivity contribution in [3.63, 3.8) is 0 Å². The van der Waals surface area contributed by atoms with Crippen LogP contribution in [-0.4, -0.2) is 24.9 Å². The number of benzene rings is 1. The SMILES string of the molecule is COc1cc(C#N)cc(CC2(O)CC2)c1OC. The number of rotatable bonds is 4. The highest BCUT2D eigenvalue weighted by atomic mass is 16.5. The molecule has 17 heavy (non-hydrogen) atoms. The van der Waals surface area contributed by atoms with Crippen molar-refractivity contribution in [1.82, 2.24) is 0 Å². The minimum Gasteiger partial charge on any atom is -0.493 e. The highest BCUT2D eigenvalue weighted by Crippen LogP contribution is 2.42. The lowest BCUT2D eigenvalue weighted by Gasteiger charge is -2.15. The first-order valence-electron chi connectivity index (χ1n) is 5.49. The van der Waals surface area contributed by atoms with E-state index in [-0.39, 0.29) is 0 Å². The Morgan fingerprint density at radius 2 is 2.06 bits per heavy atom. The van der Waals surface area contributed by atoms with Gasteiger partial charge in [0, 0.05) is 18.1 Å².